The summed E-state index contributed by atoms with van der Waals surface area (Å²) in [5.74, 6) is 0. The maximum atomic E-state index is 11.3. The van der Waals surface area contributed by atoms with Crippen LogP contribution in [-0.2, 0) is 25.1 Å². The molecule has 0 spiro atoms. The molecule has 0 saturated carbocycles. The summed E-state index contributed by atoms with van der Waals surface area (Å²) >= 11 is 13.8. The maximum absolute atomic E-state index is 11.3. The van der Waals surface area contributed by atoms with E-state index in [1.165, 1.54) is 16.6 Å². The zero-order valence-corrected chi connectivity index (χ0v) is 27.0. The Bertz CT molecular complexity index is 1450. The molecule has 0 aliphatic rings. The van der Waals surface area contributed by atoms with E-state index in [1.807, 2.05) is 31.2 Å². The summed E-state index contributed by atoms with van der Waals surface area (Å²) in [5.41, 5.74) is 5.22. The molecule has 4 aromatic rings. The molecule has 0 unspecified atom stereocenters. The fraction of sp³-hybridized carbons (Fsp3) is 0.433. The van der Waals surface area contributed by atoms with Gasteiger partial charge < -0.3 is 18.6 Å². The predicted octanol–water partition coefficient (Wildman–Crippen LogP) is 9.92. The fourth-order valence-electron chi connectivity index (χ4n) is 5.25. The third kappa shape index (κ3) is 9.11. The number of hydrogen-bond acceptors (Lipinski definition) is 4. The van der Waals surface area contributed by atoms with Crippen molar-refractivity contribution in [2.45, 2.75) is 60.0 Å². The van der Waals surface area contributed by atoms with E-state index in [0.717, 1.165) is 28.4 Å². The number of nitrogens with zero attached hydrogens (tertiary/aromatic N) is 2. The number of methoxy groups -OCH3 is 2. The van der Waals surface area contributed by atoms with Crippen LogP contribution in [0.5, 0.6) is 0 Å². The molecule has 10 heteroatoms. The minimum Gasteiger partial charge on any atom is -0.382 e. The number of fused-ring (bicyclic) bond motifs is 2. The molecule has 0 radical (unpaired) electrons. The molecule has 222 valence electrons. The average Bonchev–Trinajstić information content (AvgIpc) is 3.31. The van der Waals surface area contributed by atoms with Crippen LogP contribution in [0.4, 0.5) is 0 Å². The van der Waals surface area contributed by atoms with E-state index in [2.05, 4.69) is 108 Å². The first-order valence-corrected chi connectivity index (χ1v) is 16.8. The van der Waals surface area contributed by atoms with Gasteiger partial charge in [-0.1, -0.05) is 43.8 Å². The van der Waals surface area contributed by atoms with E-state index in [0.29, 0.717) is 13.2 Å². The summed E-state index contributed by atoms with van der Waals surface area (Å²) in [7, 11) is 3.45. The van der Waals surface area contributed by atoms with E-state index in [-0.39, 0.29) is 18.5 Å². The molecule has 2 aromatic heterocycles. The Kier molecular flexibility index (Phi) is 13.5. The van der Waals surface area contributed by atoms with Crippen LogP contribution in [0.2, 0.25) is 0 Å². The van der Waals surface area contributed by atoms with Gasteiger partial charge in [-0.3, -0.25) is 9.36 Å². The van der Waals surface area contributed by atoms with Gasteiger partial charge in [0.1, 0.15) is 0 Å². The smallest absolute Gasteiger partial charge is 0.339 e. The molecule has 0 atom stereocenters. The van der Waals surface area contributed by atoms with Crippen molar-refractivity contribution in [2.24, 2.45) is 0 Å². The monoisotopic (exact) mass is 630 g/mol. The zero-order chi connectivity index (χ0) is 29.6. The second kappa shape index (κ2) is 14.9. The van der Waals surface area contributed by atoms with Crippen molar-refractivity contribution < 1.29 is 18.8 Å². The maximum Gasteiger partial charge on any atom is 0.339 e. The van der Waals surface area contributed by atoms with Gasteiger partial charge in [0.15, 0.2) is 6.29 Å². The number of carbonyl (C=O) groups excluding carboxylic acids is 1. The first-order valence-electron chi connectivity index (χ1n) is 12.4. The first kappa shape index (κ1) is 36.2. The molecular formula is C30H42Cl3N2O4P. The molecule has 0 saturated heterocycles. The first-order chi connectivity index (χ1) is 18.1. The van der Waals surface area contributed by atoms with Gasteiger partial charge in [0.25, 0.3) is 0 Å². The summed E-state index contributed by atoms with van der Waals surface area (Å²) in [4.78, 5) is 11.3. The average molecular weight is 632 g/mol. The van der Waals surface area contributed by atoms with Gasteiger partial charge in [0, 0.05) is 47.6 Å². The van der Waals surface area contributed by atoms with Crippen LogP contribution in [-0.4, -0.2) is 42.9 Å². The Morgan fingerprint density at radius 1 is 0.825 bits per heavy atom. The number of aldehydes is 1. The van der Waals surface area contributed by atoms with E-state index in [9.17, 15) is 9.36 Å². The van der Waals surface area contributed by atoms with Crippen molar-refractivity contribution in [3.8, 4) is 0 Å². The molecular weight excluding hydrogens is 590 g/mol. The van der Waals surface area contributed by atoms with E-state index >= 15 is 0 Å². The second-order valence-corrected chi connectivity index (χ2v) is 17.2. The number of ether oxygens (including phenoxy) is 2. The highest BCUT2D eigenvalue weighted by Gasteiger charge is 2.26. The number of rotatable bonds is 7. The van der Waals surface area contributed by atoms with Crippen LogP contribution in [0.25, 0.3) is 21.8 Å². The molecule has 0 aliphatic heterocycles. The molecule has 0 amide bonds. The Balaban J connectivity index is 0.000000337. The summed E-state index contributed by atoms with van der Waals surface area (Å²) in [6.07, 6.45) is 0.942. The van der Waals surface area contributed by atoms with E-state index < -0.39 is 5.20 Å². The summed E-state index contributed by atoms with van der Waals surface area (Å²) in [6, 6.07) is 18.7. The number of aryl methyl sites for hydroxylation is 1. The lowest BCUT2D eigenvalue weighted by Gasteiger charge is -2.29. The predicted molar refractivity (Wildman–Crippen MR) is 173 cm³/mol. The van der Waals surface area contributed by atoms with Gasteiger partial charge in [0.05, 0.1) is 24.3 Å². The third-order valence-electron chi connectivity index (χ3n) is 6.38. The molecule has 2 heterocycles. The fourth-order valence-corrected chi connectivity index (χ4v) is 5.25. The lowest BCUT2D eigenvalue weighted by atomic mass is 10.1. The Morgan fingerprint density at radius 2 is 1.27 bits per heavy atom. The highest BCUT2D eigenvalue weighted by molar-refractivity contribution is 8.24. The number of hydrogen-bond donors (Lipinski definition) is 0. The molecule has 2 aromatic carbocycles. The topological polar surface area (TPSA) is 62.5 Å². The SMILES string of the molecule is C.COCC(C)(C)n1c(C)c(C=O)c2ccccc21.COCC(C)(C)n1c(C)cc2ccccc21.O=P(Cl)(Cl)Cl. The van der Waals surface area contributed by atoms with Crippen molar-refractivity contribution >= 4 is 67.0 Å². The third-order valence-corrected chi connectivity index (χ3v) is 6.38. The Hall–Kier alpha value is -1.79. The van der Waals surface area contributed by atoms with E-state index in [1.54, 1.807) is 14.2 Å². The van der Waals surface area contributed by atoms with E-state index in [4.69, 9.17) is 9.47 Å². The summed E-state index contributed by atoms with van der Waals surface area (Å²) in [6.45, 7) is 14.1. The minimum absolute atomic E-state index is 0. The second-order valence-electron chi connectivity index (χ2n) is 10.5. The van der Waals surface area contributed by atoms with Gasteiger partial charge >= 0.3 is 5.20 Å². The number of carbonyl (C=O) groups is 1. The summed E-state index contributed by atoms with van der Waals surface area (Å²) < 4.78 is 24.7. The van der Waals surface area contributed by atoms with Crippen molar-refractivity contribution in [2.75, 3.05) is 27.4 Å². The van der Waals surface area contributed by atoms with Crippen LogP contribution < -0.4 is 0 Å². The Morgan fingerprint density at radius 3 is 1.77 bits per heavy atom. The molecule has 0 fully saturated rings. The normalized spacial score (nSPS) is 11.8. The molecule has 40 heavy (non-hydrogen) atoms. The minimum atomic E-state index is -3.22. The van der Waals surface area contributed by atoms with Gasteiger partial charge in [-0.25, -0.2) is 0 Å². The van der Waals surface area contributed by atoms with Crippen molar-refractivity contribution in [3.05, 3.63) is 71.5 Å². The molecule has 0 bridgehead atoms. The number of para-hydroxylation sites is 2. The van der Waals surface area contributed by atoms with Crippen LogP contribution in [0, 0.1) is 13.8 Å². The highest BCUT2D eigenvalue weighted by atomic mass is 36.0. The highest BCUT2D eigenvalue weighted by Crippen LogP contribution is 2.61. The molecule has 6 nitrogen and oxygen atoms in total. The van der Waals surface area contributed by atoms with Crippen molar-refractivity contribution in [3.63, 3.8) is 0 Å². The van der Waals surface area contributed by atoms with Gasteiger partial charge in [-0.15, -0.1) is 0 Å². The number of halogens is 3. The number of benzene rings is 2. The molecule has 0 N–H and O–H groups in total. The lowest BCUT2D eigenvalue weighted by Crippen LogP contribution is -2.32. The molecule has 0 aliphatic carbocycles. The van der Waals surface area contributed by atoms with Gasteiger partial charge in [-0.2, -0.15) is 0 Å². The largest absolute Gasteiger partial charge is 0.382 e. The van der Waals surface area contributed by atoms with Gasteiger partial charge in [0.2, 0.25) is 0 Å². The van der Waals surface area contributed by atoms with Crippen molar-refractivity contribution in [1.29, 1.82) is 0 Å². The quantitative estimate of drug-likeness (QED) is 0.150. The van der Waals surface area contributed by atoms with Gasteiger partial charge in [-0.05, 0) is 98.9 Å². The standard InChI is InChI=1S/C15H19NO2.C14H19NO.CH4.Cl3OP/c1-11-13(9-17)12-7-5-6-8-14(12)16(11)15(2,3)10-18-4;1-11-9-12-7-5-6-8-13(12)15(11)14(2,3)10-16-4;;1-5(2,3)4/h5-9H,10H2,1-4H3;5-9H,10H2,1-4H3;1H4;. The van der Waals surface area contributed by atoms with Crippen LogP contribution in [0.3, 0.4) is 0 Å². The number of aromatic nitrogens is 2. The van der Waals surface area contributed by atoms with Crippen LogP contribution >= 0.6 is 38.9 Å². The summed E-state index contributed by atoms with van der Waals surface area (Å²) in [5, 5.41) is -0.918. The van der Waals surface area contributed by atoms with Crippen LogP contribution in [0.1, 0.15) is 56.9 Å². The Labute approximate surface area is 253 Å². The van der Waals surface area contributed by atoms with Crippen LogP contribution in [0.15, 0.2) is 54.6 Å². The molecule has 4 rings (SSSR count). The zero-order valence-electron chi connectivity index (χ0n) is 23.8. The lowest BCUT2D eigenvalue weighted by molar-refractivity contribution is 0.109. The van der Waals surface area contributed by atoms with Crippen molar-refractivity contribution in [1.82, 2.24) is 9.13 Å².